The number of anilines is 1. The first-order valence-electron chi connectivity index (χ1n) is 5.75. The molecule has 0 saturated carbocycles. The monoisotopic (exact) mass is 210 g/mol. The third-order valence-corrected chi connectivity index (χ3v) is 2.41. The summed E-state index contributed by atoms with van der Waals surface area (Å²) in [6, 6.07) is 0. The molecule has 86 valence electrons. The van der Waals surface area contributed by atoms with Crippen molar-refractivity contribution in [3.05, 3.63) is 12.4 Å². The van der Waals surface area contributed by atoms with Crippen LogP contribution in [0.2, 0.25) is 0 Å². The molecule has 0 aliphatic heterocycles. The van der Waals surface area contributed by atoms with Crippen LogP contribution in [0, 0.1) is 0 Å². The Hall–Kier alpha value is -1.03. The van der Waals surface area contributed by atoms with Crippen molar-refractivity contribution < 1.29 is 0 Å². The fourth-order valence-corrected chi connectivity index (χ4v) is 1.54. The molecule has 15 heavy (non-hydrogen) atoms. The van der Waals surface area contributed by atoms with Gasteiger partial charge in [0.2, 0.25) is 0 Å². The van der Waals surface area contributed by atoms with Gasteiger partial charge in [-0.25, -0.2) is 0 Å². The van der Waals surface area contributed by atoms with Crippen LogP contribution < -0.4 is 11.1 Å². The molecule has 1 rings (SSSR count). The molecule has 0 unspecified atom stereocenters. The predicted molar refractivity (Wildman–Crippen MR) is 63.8 cm³/mol. The van der Waals surface area contributed by atoms with E-state index < -0.39 is 0 Å². The first-order chi connectivity index (χ1) is 7.33. The van der Waals surface area contributed by atoms with E-state index in [1.54, 1.807) is 0 Å². The van der Waals surface area contributed by atoms with Gasteiger partial charge in [-0.2, -0.15) is 5.10 Å². The van der Waals surface area contributed by atoms with Crippen LogP contribution in [0.15, 0.2) is 12.4 Å². The largest absolute Gasteiger partial charge is 0.383 e. The van der Waals surface area contributed by atoms with Gasteiger partial charge in [0, 0.05) is 19.8 Å². The zero-order valence-electron chi connectivity index (χ0n) is 9.58. The normalized spacial score (nSPS) is 10.5. The summed E-state index contributed by atoms with van der Waals surface area (Å²) in [6.45, 7) is 1.86. The van der Waals surface area contributed by atoms with Gasteiger partial charge in [0.1, 0.15) is 0 Å². The van der Waals surface area contributed by atoms with Crippen molar-refractivity contribution in [2.24, 2.45) is 12.8 Å². The number of hydrogen-bond donors (Lipinski definition) is 2. The molecule has 1 aromatic rings. The smallest absolute Gasteiger partial charge is 0.0726 e. The fraction of sp³-hybridized carbons (Fsp3) is 0.727. The van der Waals surface area contributed by atoms with Crippen molar-refractivity contribution in [3.63, 3.8) is 0 Å². The standard InChI is InChI=1S/C11H22N4/c1-15-10-11(9-14-15)13-8-6-4-2-3-5-7-12/h9-10,13H,2-8,12H2,1H3. The van der Waals surface area contributed by atoms with Crippen molar-refractivity contribution in [3.8, 4) is 0 Å². The van der Waals surface area contributed by atoms with E-state index in [0.29, 0.717) is 0 Å². The van der Waals surface area contributed by atoms with E-state index in [1.165, 1.54) is 25.7 Å². The molecule has 0 aromatic carbocycles. The molecular weight excluding hydrogens is 188 g/mol. The number of aryl methyl sites for hydroxylation is 1. The molecule has 0 aliphatic carbocycles. The molecule has 4 heteroatoms. The Balaban J connectivity index is 1.93. The quantitative estimate of drug-likeness (QED) is 0.643. The average molecular weight is 210 g/mol. The van der Waals surface area contributed by atoms with E-state index in [4.69, 9.17) is 5.73 Å². The van der Waals surface area contributed by atoms with E-state index in [-0.39, 0.29) is 0 Å². The highest BCUT2D eigenvalue weighted by Crippen LogP contribution is 2.05. The fourth-order valence-electron chi connectivity index (χ4n) is 1.54. The van der Waals surface area contributed by atoms with Crippen LogP contribution in [0.5, 0.6) is 0 Å². The molecule has 0 saturated heterocycles. The van der Waals surface area contributed by atoms with Gasteiger partial charge in [-0.15, -0.1) is 0 Å². The van der Waals surface area contributed by atoms with Gasteiger partial charge in [-0.1, -0.05) is 19.3 Å². The van der Waals surface area contributed by atoms with Crippen molar-refractivity contribution >= 4 is 5.69 Å². The summed E-state index contributed by atoms with van der Waals surface area (Å²) in [4.78, 5) is 0. The van der Waals surface area contributed by atoms with Crippen molar-refractivity contribution in [2.45, 2.75) is 32.1 Å². The van der Waals surface area contributed by atoms with E-state index >= 15 is 0 Å². The summed E-state index contributed by atoms with van der Waals surface area (Å²) in [5, 5.41) is 7.44. The number of rotatable bonds is 8. The molecule has 0 spiro atoms. The van der Waals surface area contributed by atoms with Crippen LogP contribution in [-0.2, 0) is 7.05 Å². The zero-order valence-corrected chi connectivity index (χ0v) is 9.58. The van der Waals surface area contributed by atoms with Crippen molar-refractivity contribution in [2.75, 3.05) is 18.4 Å². The Morgan fingerprint density at radius 3 is 2.67 bits per heavy atom. The van der Waals surface area contributed by atoms with Gasteiger partial charge in [-0.3, -0.25) is 4.68 Å². The first kappa shape index (κ1) is 12.0. The Bertz CT molecular complexity index is 257. The maximum atomic E-state index is 5.43. The third kappa shape index (κ3) is 5.42. The van der Waals surface area contributed by atoms with Crippen LogP contribution in [0.25, 0.3) is 0 Å². The first-order valence-corrected chi connectivity index (χ1v) is 5.75. The lowest BCUT2D eigenvalue weighted by atomic mass is 10.1. The molecule has 0 fully saturated rings. The number of nitrogens with two attached hydrogens (primary N) is 1. The third-order valence-electron chi connectivity index (χ3n) is 2.41. The lowest BCUT2D eigenvalue weighted by Gasteiger charge is -2.02. The minimum atomic E-state index is 0.827. The second-order valence-corrected chi connectivity index (χ2v) is 3.89. The summed E-state index contributed by atoms with van der Waals surface area (Å²) in [5.74, 6) is 0. The van der Waals surface area contributed by atoms with Crippen LogP contribution in [0.3, 0.4) is 0 Å². The number of nitrogens with zero attached hydrogens (tertiary/aromatic N) is 2. The van der Waals surface area contributed by atoms with Crippen LogP contribution in [0.4, 0.5) is 5.69 Å². The van der Waals surface area contributed by atoms with Gasteiger partial charge < -0.3 is 11.1 Å². The van der Waals surface area contributed by atoms with Crippen molar-refractivity contribution in [1.82, 2.24) is 9.78 Å². The van der Waals surface area contributed by atoms with E-state index in [2.05, 4.69) is 10.4 Å². The Morgan fingerprint density at radius 2 is 2.00 bits per heavy atom. The van der Waals surface area contributed by atoms with Gasteiger partial charge in [-0.05, 0) is 19.4 Å². The summed E-state index contributed by atoms with van der Waals surface area (Å²) >= 11 is 0. The molecule has 0 amide bonds. The number of nitrogens with one attached hydrogen (secondary N) is 1. The number of hydrogen-bond acceptors (Lipinski definition) is 3. The molecule has 1 aromatic heterocycles. The lowest BCUT2D eigenvalue weighted by Crippen LogP contribution is -2.01. The summed E-state index contributed by atoms with van der Waals surface area (Å²) in [7, 11) is 1.93. The minimum absolute atomic E-state index is 0.827. The maximum Gasteiger partial charge on any atom is 0.0726 e. The molecule has 0 atom stereocenters. The van der Waals surface area contributed by atoms with Gasteiger partial charge in [0.05, 0.1) is 11.9 Å². The Kier molecular flexibility index (Phi) is 5.85. The second kappa shape index (κ2) is 7.29. The van der Waals surface area contributed by atoms with E-state index in [9.17, 15) is 0 Å². The van der Waals surface area contributed by atoms with E-state index in [0.717, 1.165) is 25.2 Å². The topological polar surface area (TPSA) is 55.9 Å². The number of unbranched alkanes of at least 4 members (excludes halogenated alkanes) is 4. The molecule has 3 N–H and O–H groups in total. The molecule has 4 nitrogen and oxygen atoms in total. The SMILES string of the molecule is Cn1cc(NCCCCCCCN)cn1. The van der Waals surface area contributed by atoms with Gasteiger partial charge >= 0.3 is 0 Å². The highest BCUT2D eigenvalue weighted by atomic mass is 15.3. The minimum Gasteiger partial charge on any atom is -0.383 e. The molecule has 0 radical (unpaired) electrons. The Labute approximate surface area is 91.8 Å². The van der Waals surface area contributed by atoms with Crippen LogP contribution in [0.1, 0.15) is 32.1 Å². The zero-order chi connectivity index (χ0) is 10.9. The van der Waals surface area contributed by atoms with Gasteiger partial charge in [0.25, 0.3) is 0 Å². The summed E-state index contributed by atoms with van der Waals surface area (Å²) < 4.78 is 1.81. The predicted octanol–water partition coefficient (Wildman–Crippen LogP) is 1.74. The Morgan fingerprint density at radius 1 is 1.27 bits per heavy atom. The van der Waals surface area contributed by atoms with Crippen LogP contribution >= 0.6 is 0 Å². The number of aromatic nitrogens is 2. The highest BCUT2D eigenvalue weighted by molar-refractivity contribution is 5.37. The lowest BCUT2D eigenvalue weighted by molar-refractivity contribution is 0.629. The van der Waals surface area contributed by atoms with Crippen molar-refractivity contribution in [1.29, 1.82) is 0 Å². The summed E-state index contributed by atoms with van der Waals surface area (Å²) in [5.41, 5.74) is 6.54. The maximum absolute atomic E-state index is 5.43. The molecule has 1 heterocycles. The average Bonchev–Trinajstić information content (AvgIpc) is 2.63. The molecule has 0 aliphatic rings. The second-order valence-electron chi connectivity index (χ2n) is 3.89. The van der Waals surface area contributed by atoms with E-state index in [1.807, 2.05) is 24.1 Å². The summed E-state index contributed by atoms with van der Waals surface area (Å²) in [6.07, 6.45) is 10.1. The molecule has 0 bridgehead atoms. The molecular formula is C11H22N4. The van der Waals surface area contributed by atoms with Gasteiger partial charge in [0.15, 0.2) is 0 Å². The highest BCUT2D eigenvalue weighted by Gasteiger charge is 1.94. The van der Waals surface area contributed by atoms with Crippen LogP contribution in [-0.4, -0.2) is 22.9 Å².